The molecule has 0 saturated heterocycles. The lowest BCUT2D eigenvalue weighted by molar-refractivity contribution is 0.0566. The molecule has 0 spiro atoms. The first-order valence-electron chi connectivity index (χ1n) is 6.54. The number of nitrogens with one attached hydrogen (secondary N) is 1. The van der Waals surface area contributed by atoms with Crippen LogP contribution in [0.3, 0.4) is 0 Å². The van der Waals surface area contributed by atoms with Crippen LogP contribution in [0.4, 0.5) is 5.69 Å². The average Bonchev–Trinajstić information content (AvgIpc) is 3.01. The van der Waals surface area contributed by atoms with E-state index in [2.05, 4.69) is 14.6 Å². The van der Waals surface area contributed by atoms with Gasteiger partial charge in [0.15, 0.2) is 0 Å². The molecule has 120 valence electrons. The third-order valence-electron chi connectivity index (χ3n) is 3.16. The minimum absolute atomic E-state index is 0.0231. The van der Waals surface area contributed by atoms with E-state index >= 15 is 0 Å². The van der Waals surface area contributed by atoms with Gasteiger partial charge in [0.25, 0.3) is 10.0 Å². The number of nitrogens with zero attached hydrogens (tertiary/aromatic N) is 2. The molecule has 9 heteroatoms. The van der Waals surface area contributed by atoms with Crippen molar-refractivity contribution >= 4 is 21.7 Å². The Labute approximate surface area is 128 Å². The van der Waals surface area contributed by atoms with Crippen molar-refractivity contribution in [2.45, 2.75) is 32.2 Å². The molecule has 2 heterocycles. The Morgan fingerprint density at radius 1 is 1.45 bits per heavy atom. The van der Waals surface area contributed by atoms with E-state index in [0.29, 0.717) is 17.9 Å². The first kappa shape index (κ1) is 16.1. The molecule has 0 aliphatic carbocycles. The van der Waals surface area contributed by atoms with Gasteiger partial charge in [-0.05, 0) is 20.8 Å². The van der Waals surface area contributed by atoms with Gasteiger partial charge in [0.1, 0.15) is 10.6 Å². The molecule has 8 nitrogen and oxygen atoms in total. The van der Waals surface area contributed by atoms with E-state index in [-0.39, 0.29) is 16.3 Å². The number of ether oxygens (including phenoxy) is 1. The Morgan fingerprint density at radius 2 is 2.14 bits per heavy atom. The predicted molar refractivity (Wildman–Crippen MR) is 78.2 cm³/mol. The molecular weight excluding hydrogens is 310 g/mol. The molecule has 1 N–H and O–H groups in total. The van der Waals surface area contributed by atoms with E-state index in [1.165, 1.54) is 19.4 Å². The van der Waals surface area contributed by atoms with E-state index in [0.717, 1.165) is 0 Å². The number of methoxy groups -OCH3 is 1. The second kappa shape index (κ2) is 5.84. The van der Waals surface area contributed by atoms with Crippen LogP contribution in [0.15, 0.2) is 21.6 Å². The molecule has 2 rings (SSSR count). The molecule has 0 atom stereocenters. The van der Waals surface area contributed by atoms with Crippen LogP contribution in [0.1, 0.15) is 28.9 Å². The largest absolute Gasteiger partial charge is 0.463 e. The number of hydrogen-bond acceptors (Lipinski definition) is 6. The van der Waals surface area contributed by atoms with E-state index < -0.39 is 16.0 Å². The van der Waals surface area contributed by atoms with Gasteiger partial charge in [-0.2, -0.15) is 5.10 Å². The van der Waals surface area contributed by atoms with Crippen LogP contribution < -0.4 is 4.72 Å². The fourth-order valence-corrected chi connectivity index (χ4v) is 3.69. The maximum absolute atomic E-state index is 12.6. The summed E-state index contributed by atoms with van der Waals surface area (Å²) < 4.78 is 38.6. The highest BCUT2D eigenvalue weighted by atomic mass is 32.2. The number of sulfonamides is 1. The first-order valence-corrected chi connectivity index (χ1v) is 8.02. The van der Waals surface area contributed by atoms with Crippen LogP contribution >= 0.6 is 0 Å². The lowest BCUT2D eigenvalue weighted by atomic mass is 10.4. The SMILES string of the molecule is CCn1nc(C)c(S(=O)(=O)Nc2ccoc2C(=O)OC)c1C. The van der Waals surface area contributed by atoms with E-state index in [4.69, 9.17) is 4.42 Å². The number of aryl methyl sites for hydroxylation is 2. The summed E-state index contributed by atoms with van der Waals surface area (Å²) in [6.07, 6.45) is 1.21. The van der Waals surface area contributed by atoms with E-state index in [9.17, 15) is 13.2 Å². The lowest BCUT2D eigenvalue weighted by Gasteiger charge is -2.08. The molecule has 2 aromatic heterocycles. The van der Waals surface area contributed by atoms with E-state index in [1.54, 1.807) is 18.5 Å². The zero-order chi connectivity index (χ0) is 16.5. The van der Waals surface area contributed by atoms with Gasteiger partial charge in [0.05, 0.1) is 24.8 Å². The third kappa shape index (κ3) is 2.71. The molecule has 22 heavy (non-hydrogen) atoms. The summed E-state index contributed by atoms with van der Waals surface area (Å²) in [6.45, 7) is 5.72. The Bertz CT molecular complexity index is 804. The third-order valence-corrected chi connectivity index (χ3v) is 4.78. The molecule has 0 aliphatic rings. The van der Waals surface area contributed by atoms with Crippen LogP contribution in [0.2, 0.25) is 0 Å². The van der Waals surface area contributed by atoms with Crippen LogP contribution in [0, 0.1) is 13.8 Å². The van der Waals surface area contributed by atoms with Gasteiger partial charge >= 0.3 is 5.97 Å². The number of carbonyl (C=O) groups is 1. The van der Waals surface area contributed by atoms with Gasteiger partial charge in [-0.25, -0.2) is 13.2 Å². The normalized spacial score (nSPS) is 11.5. The maximum Gasteiger partial charge on any atom is 0.376 e. The summed E-state index contributed by atoms with van der Waals surface area (Å²) >= 11 is 0. The van der Waals surface area contributed by atoms with Gasteiger partial charge in [0.2, 0.25) is 5.76 Å². The van der Waals surface area contributed by atoms with Gasteiger partial charge < -0.3 is 9.15 Å². The predicted octanol–water partition coefficient (Wildman–Crippen LogP) is 1.70. The van der Waals surface area contributed by atoms with Crippen molar-refractivity contribution in [1.82, 2.24) is 9.78 Å². The Hall–Kier alpha value is -2.29. The smallest absolute Gasteiger partial charge is 0.376 e. The fraction of sp³-hybridized carbons (Fsp3) is 0.385. The highest BCUT2D eigenvalue weighted by molar-refractivity contribution is 7.92. The molecule has 0 amide bonds. The molecule has 0 aliphatic heterocycles. The second-order valence-corrected chi connectivity index (χ2v) is 6.20. The zero-order valence-electron chi connectivity index (χ0n) is 12.7. The van der Waals surface area contributed by atoms with Crippen molar-refractivity contribution in [2.24, 2.45) is 0 Å². The van der Waals surface area contributed by atoms with Crippen LogP contribution in [0.25, 0.3) is 0 Å². The number of furan rings is 1. The van der Waals surface area contributed by atoms with Crippen molar-refractivity contribution in [3.05, 3.63) is 29.5 Å². The number of anilines is 1. The summed E-state index contributed by atoms with van der Waals surface area (Å²) in [5.74, 6) is -0.968. The fourth-order valence-electron chi connectivity index (χ4n) is 2.21. The van der Waals surface area contributed by atoms with Crippen LogP contribution in [0.5, 0.6) is 0 Å². The summed E-state index contributed by atoms with van der Waals surface area (Å²) in [5.41, 5.74) is 0.931. The van der Waals surface area contributed by atoms with Gasteiger partial charge in [-0.15, -0.1) is 0 Å². The standard InChI is InChI=1S/C13H17N3O5S/c1-5-16-9(3)12(8(2)14-16)22(18,19)15-10-6-7-21-11(10)13(17)20-4/h6-7,15H,5H2,1-4H3. The maximum atomic E-state index is 12.6. The van der Waals surface area contributed by atoms with Gasteiger partial charge in [-0.1, -0.05) is 0 Å². The Morgan fingerprint density at radius 3 is 2.68 bits per heavy atom. The Kier molecular flexibility index (Phi) is 4.27. The lowest BCUT2D eigenvalue weighted by Crippen LogP contribution is -2.16. The topological polar surface area (TPSA) is 103 Å². The van der Waals surface area contributed by atoms with Crippen molar-refractivity contribution in [2.75, 3.05) is 11.8 Å². The second-order valence-electron chi connectivity index (χ2n) is 4.58. The molecular formula is C13H17N3O5S. The van der Waals surface area contributed by atoms with Gasteiger partial charge in [-0.3, -0.25) is 9.40 Å². The summed E-state index contributed by atoms with van der Waals surface area (Å²) in [5, 5.41) is 4.18. The van der Waals surface area contributed by atoms with Gasteiger partial charge in [0, 0.05) is 12.6 Å². The van der Waals surface area contributed by atoms with Crippen molar-refractivity contribution in [1.29, 1.82) is 0 Å². The minimum atomic E-state index is -3.90. The molecule has 0 radical (unpaired) electrons. The van der Waals surface area contributed by atoms with Crippen LogP contribution in [-0.4, -0.2) is 31.3 Å². The molecule has 0 bridgehead atoms. The highest BCUT2D eigenvalue weighted by Gasteiger charge is 2.27. The summed E-state index contributed by atoms with van der Waals surface area (Å²) in [6, 6.07) is 1.35. The zero-order valence-corrected chi connectivity index (χ0v) is 13.5. The van der Waals surface area contributed by atoms with E-state index in [1.807, 2.05) is 6.92 Å². The number of carbonyl (C=O) groups excluding carboxylic acids is 1. The molecule has 2 aromatic rings. The first-order chi connectivity index (χ1) is 10.3. The highest BCUT2D eigenvalue weighted by Crippen LogP contribution is 2.25. The minimum Gasteiger partial charge on any atom is -0.463 e. The number of esters is 1. The van der Waals surface area contributed by atoms with Crippen LogP contribution in [-0.2, 0) is 21.3 Å². The summed E-state index contributed by atoms with van der Waals surface area (Å²) in [7, 11) is -2.72. The van der Waals surface area contributed by atoms with Crippen molar-refractivity contribution in [3.8, 4) is 0 Å². The van der Waals surface area contributed by atoms with Crippen molar-refractivity contribution < 1.29 is 22.4 Å². The molecule has 0 aromatic carbocycles. The average molecular weight is 327 g/mol. The monoisotopic (exact) mass is 327 g/mol. The molecule has 0 saturated carbocycles. The molecule has 0 fully saturated rings. The van der Waals surface area contributed by atoms with Crippen molar-refractivity contribution in [3.63, 3.8) is 0 Å². The summed E-state index contributed by atoms with van der Waals surface area (Å²) in [4.78, 5) is 11.6. The quantitative estimate of drug-likeness (QED) is 0.838. The number of rotatable bonds is 5. The Balaban J connectivity index is 2.44. The number of hydrogen-bond donors (Lipinski definition) is 1. The molecule has 0 unspecified atom stereocenters. The number of aromatic nitrogens is 2.